The highest BCUT2D eigenvalue weighted by molar-refractivity contribution is 5.88. The van der Waals surface area contributed by atoms with Crippen LogP contribution in [0, 0.1) is 0 Å². The van der Waals surface area contributed by atoms with E-state index in [0.29, 0.717) is 18.1 Å². The standard InChI is InChI=1S/C15H15NO3/c1-2-9-19-15-12(7-8-14(17)18)10-11-5-3-4-6-13(11)16-15/h3-8,10H,2,9H2,1H3,(H,17,18). The maximum atomic E-state index is 10.6. The van der Waals surface area contributed by atoms with Crippen molar-refractivity contribution >= 4 is 22.9 Å². The number of carboxylic acids is 1. The zero-order chi connectivity index (χ0) is 13.7. The number of para-hydroxylation sites is 1. The van der Waals surface area contributed by atoms with Crippen LogP contribution < -0.4 is 4.74 Å². The van der Waals surface area contributed by atoms with E-state index in [9.17, 15) is 4.79 Å². The Bertz CT molecular complexity index is 620. The summed E-state index contributed by atoms with van der Waals surface area (Å²) in [7, 11) is 0. The fourth-order valence-electron chi connectivity index (χ4n) is 1.71. The highest BCUT2D eigenvalue weighted by Crippen LogP contribution is 2.23. The second-order valence-electron chi connectivity index (χ2n) is 4.10. The fourth-order valence-corrected chi connectivity index (χ4v) is 1.71. The van der Waals surface area contributed by atoms with Gasteiger partial charge in [-0.25, -0.2) is 9.78 Å². The quantitative estimate of drug-likeness (QED) is 0.836. The van der Waals surface area contributed by atoms with Crippen LogP contribution in [0.2, 0.25) is 0 Å². The molecule has 0 saturated heterocycles. The van der Waals surface area contributed by atoms with Crippen LogP contribution in [0.5, 0.6) is 5.88 Å². The molecule has 0 saturated carbocycles. The average Bonchev–Trinajstić information content (AvgIpc) is 2.42. The Kier molecular flexibility index (Phi) is 4.13. The molecule has 19 heavy (non-hydrogen) atoms. The molecule has 0 amide bonds. The first-order valence-electron chi connectivity index (χ1n) is 6.14. The van der Waals surface area contributed by atoms with Gasteiger partial charge in [-0.2, -0.15) is 0 Å². The van der Waals surface area contributed by atoms with Gasteiger partial charge in [0.25, 0.3) is 0 Å². The van der Waals surface area contributed by atoms with Gasteiger partial charge in [-0.05, 0) is 24.6 Å². The number of hydrogen-bond acceptors (Lipinski definition) is 3. The van der Waals surface area contributed by atoms with Crippen LogP contribution in [-0.2, 0) is 4.79 Å². The number of carbonyl (C=O) groups is 1. The van der Waals surface area contributed by atoms with Gasteiger partial charge in [-0.3, -0.25) is 0 Å². The predicted octanol–water partition coefficient (Wildman–Crippen LogP) is 3.12. The number of ether oxygens (including phenoxy) is 1. The van der Waals surface area contributed by atoms with E-state index >= 15 is 0 Å². The molecule has 0 fully saturated rings. The highest BCUT2D eigenvalue weighted by Gasteiger charge is 2.06. The predicted molar refractivity (Wildman–Crippen MR) is 74.2 cm³/mol. The van der Waals surface area contributed by atoms with Crippen LogP contribution in [0.4, 0.5) is 0 Å². The van der Waals surface area contributed by atoms with Crippen LogP contribution >= 0.6 is 0 Å². The molecule has 4 nitrogen and oxygen atoms in total. The Morgan fingerprint density at radius 1 is 1.42 bits per heavy atom. The van der Waals surface area contributed by atoms with Crippen LogP contribution in [0.25, 0.3) is 17.0 Å². The smallest absolute Gasteiger partial charge is 0.328 e. The van der Waals surface area contributed by atoms with Crippen LogP contribution in [-0.4, -0.2) is 22.7 Å². The lowest BCUT2D eigenvalue weighted by Crippen LogP contribution is -2.00. The van der Waals surface area contributed by atoms with E-state index < -0.39 is 5.97 Å². The number of nitrogens with zero attached hydrogens (tertiary/aromatic N) is 1. The topological polar surface area (TPSA) is 59.4 Å². The maximum absolute atomic E-state index is 10.6. The van der Waals surface area contributed by atoms with E-state index in [-0.39, 0.29) is 0 Å². The Hall–Kier alpha value is -2.36. The molecule has 0 aliphatic heterocycles. The molecule has 1 heterocycles. The lowest BCUT2D eigenvalue weighted by atomic mass is 10.1. The number of aliphatic carboxylic acids is 1. The summed E-state index contributed by atoms with van der Waals surface area (Å²) < 4.78 is 5.57. The summed E-state index contributed by atoms with van der Waals surface area (Å²) in [6.07, 6.45) is 3.47. The third-order valence-electron chi connectivity index (χ3n) is 2.57. The highest BCUT2D eigenvalue weighted by atomic mass is 16.5. The van der Waals surface area contributed by atoms with Crippen LogP contribution in [0.1, 0.15) is 18.9 Å². The SMILES string of the molecule is CCCOc1nc2ccccc2cc1C=CC(=O)O. The Morgan fingerprint density at radius 2 is 2.21 bits per heavy atom. The summed E-state index contributed by atoms with van der Waals surface area (Å²) in [6.45, 7) is 2.56. The van der Waals surface area contributed by atoms with Gasteiger partial charge >= 0.3 is 5.97 Å². The lowest BCUT2D eigenvalue weighted by Gasteiger charge is -2.08. The fraction of sp³-hybridized carbons (Fsp3) is 0.200. The van der Waals surface area contributed by atoms with Crippen molar-refractivity contribution in [2.45, 2.75) is 13.3 Å². The molecular weight excluding hydrogens is 242 g/mol. The van der Waals surface area contributed by atoms with Gasteiger partial charge in [0.2, 0.25) is 5.88 Å². The maximum Gasteiger partial charge on any atom is 0.328 e. The first-order valence-corrected chi connectivity index (χ1v) is 6.14. The molecule has 0 aliphatic rings. The summed E-state index contributed by atoms with van der Waals surface area (Å²) in [5.41, 5.74) is 1.51. The van der Waals surface area contributed by atoms with E-state index in [0.717, 1.165) is 23.4 Å². The van der Waals surface area contributed by atoms with E-state index in [1.165, 1.54) is 6.08 Å². The third kappa shape index (κ3) is 3.31. The van der Waals surface area contributed by atoms with Gasteiger partial charge in [-0.15, -0.1) is 0 Å². The van der Waals surface area contributed by atoms with Crippen molar-refractivity contribution in [3.8, 4) is 5.88 Å². The minimum absolute atomic E-state index is 0.470. The largest absolute Gasteiger partial charge is 0.478 e. The summed E-state index contributed by atoms with van der Waals surface area (Å²) in [4.78, 5) is 15.0. The summed E-state index contributed by atoms with van der Waals surface area (Å²) in [5, 5.41) is 9.66. The van der Waals surface area contributed by atoms with Gasteiger partial charge in [-0.1, -0.05) is 25.1 Å². The molecule has 0 atom stereocenters. The number of fused-ring (bicyclic) bond motifs is 1. The van der Waals surface area contributed by atoms with Gasteiger partial charge < -0.3 is 9.84 Å². The number of carboxylic acid groups (broad SMARTS) is 1. The second kappa shape index (κ2) is 6.00. The van der Waals surface area contributed by atoms with Gasteiger partial charge in [0.15, 0.2) is 0 Å². The molecule has 1 N–H and O–H groups in total. The molecule has 4 heteroatoms. The van der Waals surface area contributed by atoms with Crippen molar-refractivity contribution in [2.75, 3.05) is 6.61 Å². The van der Waals surface area contributed by atoms with E-state index in [1.807, 2.05) is 37.3 Å². The minimum Gasteiger partial charge on any atom is -0.478 e. The molecule has 98 valence electrons. The number of pyridine rings is 1. The molecule has 0 spiro atoms. The molecular formula is C15H15NO3. The number of hydrogen-bond donors (Lipinski definition) is 1. The summed E-state index contributed by atoms with van der Waals surface area (Å²) >= 11 is 0. The summed E-state index contributed by atoms with van der Waals surface area (Å²) in [6, 6.07) is 9.54. The van der Waals surface area contributed by atoms with E-state index in [4.69, 9.17) is 9.84 Å². The molecule has 1 aromatic carbocycles. The van der Waals surface area contributed by atoms with Gasteiger partial charge in [0, 0.05) is 17.0 Å². The van der Waals surface area contributed by atoms with E-state index in [2.05, 4.69) is 4.98 Å². The molecule has 0 bridgehead atoms. The Balaban J connectivity index is 2.47. The minimum atomic E-state index is -0.991. The van der Waals surface area contributed by atoms with Crippen molar-refractivity contribution in [2.24, 2.45) is 0 Å². The molecule has 0 aliphatic carbocycles. The number of benzene rings is 1. The lowest BCUT2D eigenvalue weighted by molar-refractivity contribution is -0.131. The van der Waals surface area contributed by atoms with Crippen molar-refractivity contribution < 1.29 is 14.6 Å². The first-order chi connectivity index (χ1) is 9.20. The Morgan fingerprint density at radius 3 is 2.95 bits per heavy atom. The second-order valence-corrected chi connectivity index (χ2v) is 4.10. The van der Waals surface area contributed by atoms with Crippen molar-refractivity contribution in [1.29, 1.82) is 0 Å². The first kappa shape index (κ1) is 13.1. The molecule has 0 radical (unpaired) electrons. The van der Waals surface area contributed by atoms with Crippen molar-refractivity contribution in [1.82, 2.24) is 4.98 Å². The number of rotatable bonds is 5. The number of aromatic nitrogens is 1. The third-order valence-corrected chi connectivity index (χ3v) is 2.57. The van der Waals surface area contributed by atoms with Gasteiger partial charge in [0.1, 0.15) is 0 Å². The normalized spacial score (nSPS) is 11.0. The zero-order valence-electron chi connectivity index (χ0n) is 10.7. The molecule has 0 unspecified atom stereocenters. The van der Waals surface area contributed by atoms with Crippen molar-refractivity contribution in [3.05, 3.63) is 42.0 Å². The Labute approximate surface area is 111 Å². The average molecular weight is 257 g/mol. The molecule has 1 aromatic heterocycles. The summed E-state index contributed by atoms with van der Waals surface area (Å²) in [5.74, 6) is -0.521. The molecule has 2 aromatic rings. The van der Waals surface area contributed by atoms with Gasteiger partial charge in [0.05, 0.1) is 12.1 Å². The molecule has 2 rings (SSSR count). The van der Waals surface area contributed by atoms with Crippen molar-refractivity contribution in [3.63, 3.8) is 0 Å². The van der Waals surface area contributed by atoms with Crippen LogP contribution in [0.3, 0.4) is 0 Å². The van der Waals surface area contributed by atoms with E-state index in [1.54, 1.807) is 0 Å². The zero-order valence-corrected chi connectivity index (χ0v) is 10.7. The van der Waals surface area contributed by atoms with Crippen LogP contribution in [0.15, 0.2) is 36.4 Å². The monoisotopic (exact) mass is 257 g/mol.